The van der Waals surface area contributed by atoms with Crippen molar-refractivity contribution in [3.05, 3.63) is 83.9 Å². The van der Waals surface area contributed by atoms with Gasteiger partial charge in [0.2, 0.25) is 0 Å². The molecule has 0 heterocycles. The third kappa shape index (κ3) is 3.46. The van der Waals surface area contributed by atoms with Gasteiger partial charge in [-0.25, -0.2) is 0 Å². The van der Waals surface area contributed by atoms with Crippen LogP contribution in [0, 0.1) is 0 Å². The van der Waals surface area contributed by atoms with Crippen LogP contribution in [0.4, 0.5) is 0 Å². The summed E-state index contributed by atoms with van der Waals surface area (Å²) in [4.78, 5) is 0. The van der Waals surface area contributed by atoms with Gasteiger partial charge in [-0.3, -0.25) is 0 Å². The van der Waals surface area contributed by atoms with E-state index in [-0.39, 0.29) is 0 Å². The molecule has 0 aliphatic rings. The third-order valence-electron chi connectivity index (χ3n) is 2.94. The van der Waals surface area contributed by atoms with E-state index < -0.39 is 0 Å². The molecular weight excluding hydrogens is 216 g/mol. The zero-order chi connectivity index (χ0) is 12.6. The predicted molar refractivity (Wildman–Crippen MR) is 80.2 cm³/mol. The lowest BCUT2D eigenvalue weighted by Gasteiger charge is -2.03. The van der Waals surface area contributed by atoms with E-state index in [1.807, 2.05) is 6.07 Å². The van der Waals surface area contributed by atoms with Gasteiger partial charge >= 0.3 is 0 Å². The summed E-state index contributed by atoms with van der Waals surface area (Å²) in [6, 6.07) is 20.9. The van der Waals surface area contributed by atoms with Gasteiger partial charge in [0.1, 0.15) is 0 Å². The molecule has 0 aliphatic heterocycles. The fraction of sp³-hybridized carbons (Fsp3) is 0.111. The van der Waals surface area contributed by atoms with Crippen molar-refractivity contribution in [2.24, 2.45) is 0 Å². The molecule has 0 nitrogen and oxygen atoms in total. The Balaban J connectivity index is 2.03. The SMILES string of the molecule is CC=C(CC=Cc1ccccc1)c1ccccc1. The quantitative estimate of drug-likeness (QED) is 0.682. The van der Waals surface area contributed by atoms with E-state index in [9.17, 15) is 0 Å². The molecule has 0 saturated heterocycles. The average Bonchev–Trinajstić information content (AvgIpc) is 2.46. The molecular formula is C18H18. The third-order valence-corrected chi connectivity index (χ3v) is 2.94. The molecule has 0 unspecified atom stereocenters. The average molecular weight is 234 g/mol. The Bertz CT molecular complexity index is 518. The van der Waals surface area contributed by atoms with E-state index in [0.29, 0.717) is 0 Å². The van der Waals surface area contributed by atoms with E-state index >= 15 is 0 Å². The maximum atomic E-state index is 2.22. The van der Waals surface area contributed by atoms with Gasteiger partial charge in [-0.1, -0.05) is 78.9 Å². The molecule has 0 radical (unpaired) electrons. The molecule has 0 heteroatoms. The van der Waals surface area contributed by atoms with Gasteiger partial charge in [0, 0.05) is 0 Å². The first-order valence-electron chi connectivity index (χ1n) is 6.32. The van der Waals surface area contributed by atoms with Crippen molar-refractivity contribution in [2.75, 3.05) is 0 Å². The van der Waals surface area contributed by atoms with Crippen LogP contribution in [-0.4, -0.2) is 0 Å². The van der Waals surface area contributed by atoms with Gasteiger partial charge in [0.15, 0.2) is 0 Å². The number of hydrogen-bond donors (Lipinski definition) is 0. The minimum Gasteiger partial charge on any atom is -0.0835 e. The van der Waals surface area contributed by atoms with Crippen LogP contribution in [0.2, 0.25) is 0 Å². The summed E-state index contributed by atoms with van der Waals surface area (Å²) in [5, 5.41) is 0. The summed E-state index contributed by atoms with van der Waals surface area (Å²) < 4.78 is 0. The molecule has 0 aromatic heterocycles. The van der Waals surface area contributed by atoms with E-state index in [0.717, 1.165) is 6.42 Å². The van der Waals surface area contributed by atoms with Gasteiger partial charge in [-0.15, -0.1) is 0 Å². The molecule has 2 aromatic rings. The molecule has 0 amide bonds. The van der Waals surface area contributed by atoms with Crippen LogP contribution in [-0.2, 0) is 0 Å². The predicted octanol–water partition coefficient (Wildman–Crippen LogP) is 5.19. The Morgan fingerprint density at radius 2 is 1.50 bits per heavy atom. The van der Waals surface area contributed by atoms with Gasteiger partial charge in [-0.05, 0) is 30.0 Å². The lowest BCUT2D eigenvalue weighted by Crippen LogP contribution is -1.81. The standard InChI is InChI=1S/C18H18/c1-2-17(18-13-7-4-8-14-18)15-9-12-16-10-5-3-6-11-16/h2-14H,15H2,1H3. The van der Waals surface area contributed by atoms with Crippen molar-refractivity contribution in [3.63, 3.8) is 0 Å². The summed E-state index contributed by atoms with van der Waals surface area (Å²) in [6.07, 6.45) is 7.55. The minimum atomic E-state index is 0.968. The topological polar surface area (TPSA) is 0 Å². The second kappa shape index (κ2) is 6.61. The van der Waals surface area contributed by atoms with Crippen molar-refractivity contribution in [1.82, 2.24) is 0 Å². The van der Waals surface area contributed by atoms with Gasteiger partial charge in [0.05, 0.1) is 0 Å². The van der Waals surface area contributed by atoms with Crippen LogP contribution in [0.25, 0.3) is 11.6 Å². The highest BCUT2D eigenvalue weighted by molar-refractivity contribution is 5.67. The molecule has 2 rings (SSSR count). The van der Waals surface area contributed by atoms with Crippen LogP contribution in [0.3, 0.4) is 0 Å². The van der Waals surface area contributed by atoms with Crippen LogP contribution in [0.15, 0.2) is 72.8 Å². The first-order chi connectivity index (χ1) is 8.90. The lowest BCUT2D eigenvalue weighted by atomic mass is 10.0. The molecule has 0 spiro atoms. The number of hydrogen-bond acceptors (Lipinski definition) is 0. The van der Waals surface area contributed by atoms with Crippen molar-refractivity contribution >= 4 is 11.6 Å². The number of benzene rings is 2. The fourth-order valence-electron chi connectivity index (χ4n) is 1.94. The highest BCUT2D eigenvalue weighted by atomic mass is 14.0. The molecule has 0 bridgehead atoms. The van der Waals surface area contributed by atoms with Gasteiger partial charge < -0.3 is 0 Å². The maximum Gasteiger partial charge on any atom is -0.00914 e. The van der Waals surface area contributed by atoms with Crippen LogP contribution < -0.4 is 0 Å². The summed E-state index contributed by atoms with van der Waals surface area (Å²) in [5.41, 5.74) is 3.92. The second-order valence-electron chi connectivity index (χ2n) is 4.20. The van der Waals surface area contributed by atoms with Crippen molar-refractivity contribution in [1.29, 1.82) is 0 Å². The van der Waals surface area contributed by atoms with Crippen molar-refractivity contribution in [2.45, 2.75) is 13.3 Å². The first-order valence-corrected chi connectivity index (χ1v) is 6.32. The Hall–Kier alpha value is -2.08. The minimum absolute atomic E-state index is 0.968. The van der Waals surface area contributed by atoms with Crippen LogP contribution in [0.5, 0.6) is 0 Å². The van der Waals surface area contributed by atoms with Crippen molar-refractivity contribution in [3.8, 4) is 0 Å². The second-order valence-corrected chi connectivity index (χ2v) is 4.20. The largest absolute Gasteiger partial charge is 0.0835 e. The summed E-state index contributed by atoms with van der Waals surface area (Å²) in [7, 11) is 0. The molecule has 0 aliphatic carbocycles. The fourth-order valence-corrected chi connectivity index (χ4v) is 1.94. The van der Waals surface area contributed by atoms with Gasteiger partial charge in [0.25, 0.3) is 0 Å². The Kier molecular flexibility index (Phi) is 4.54. The highest BCUT2D eigenvalue weighted by Gasteiger charge is 1.96. The summed E-state index contributed by atoms with van der Waals surface area (Å²) in [6.45, 7) is 2.10. The smallest absolute Gasteiger partial charge is 0.00914 e. The zero-order valence-electron chi connectivity index (χ0n) is 10.7. The highest BCUT2D eigenvalue weighted by Crippen LogP contribution is 2.18. The first kappa shape index (κ1) is 12.4. The van der Waals surface area contributed by atoms with E-state index in [1.54, 1.807) is 0 Å². The van der Waals surface area contributed by atoms with Crippen molar-refractivity contribution < 1.29 is 0 Å². The van der Waals surface area contributed by atoms with Gasteiger partial charge in [-0.2, -0.15) is 0 Å². The molecule has 0 fully saturated rings. The van der Waals surface area contributed by atoms with E-state index in [1.165, 1.54) is 16.7 Å². The summed E-state index contributed by atoms with van der Waals surface area (Å²) in [5.74, 6) is 0. The maximum absolute atomic E-state index is 2.22. The van der Waals surface area contributed by atoms with Crippen LogP contribution >= 0.6 is 0 Å². The van der Waals surface area contributed by atoms with Crippen LogP contribution in [0.1, 0.15) is 24.5 Å². The zero-order valence-corrected chi connectivity index (χ0v) is 10.7. The number of rotatable bonds is 4. The Labute approximate surface area is 109 Å². The Morgan fingerprint density at radius 1 is 0.889 bits per heavy atom. The molecule has 18 heavy (non-hydrogen) atoms. The lowest BCUT2D eigenvalue weighted by molar-refractivity contribution is 1.38. The molecule has 0 N–H and O–H groups in total. The molecule has 0 atom stereocenters. The number of allylic oxidation sites excluding steroid dienone is 3. The molecule has 2 aromatic carbocycles. The normalized spacial score (nSPS) is 11.9. The Morgan fingerprint density at radius 3 is 2.11 bits per heavy atom. The molecule has 90 valence electrons. The summed E-state index contributed by atoms with van der Waals surface area (Å²) >= 11 is 0. The van der Waals surface area contributed by atoms with E-state index in [2.05, 4.69) is 79.7 Å². The van der Waals surface area contributed by atoms with E-state index in [4.69, 9.17) is 0 Å². The molecule has 0 saturated carbocycles. The monoisotopic (exact) mass is 234 g/mol.